The maximum atomic E-state index is 3.78. The number of alkyl halides is 1. The van der Waals surface area contributed by atoms with Gasteiger partial charge in [-0.3, -0.25) is 0 Å². The molecule has 3 heteroatoms. The third-order valence-corrected chi connectivity index (χ3v) is 6.05. The molecule has 0 aliphatic rings. The molecule has 17 heavy (non-hydrogen) atoms. The molecule has 0 aliphatic carbocycles. The van der Waals surface area contributed by atoms with Crippen LogP contribution in [-0.4, -0.2) is 0 Å². The van der Waals surface area contributed by atoms with Gasteiger partial charge in [0.1, 0.15) is 0 Å². The van der Waals surface area contributed by atoms with Gasteiger partial charge < -0.3 is 0 Å². The molecule has 0 aliphatic heterocycles. The maximum absolute atomic E-state index is 3.78. The number of aryl methyl sites for hydroxylation is 2. The van der Waals surface area contributed by atoms with Crippen molar-refractivity contribution in [2.24, 2.45) is 0 Å². The molecule has 0 bridgehead atoms. The lowest BCUT2D eigenvalue weighted by Crippen LogP contribution is -1.93. The molecule has 0 nitrogen and oxygen atoms in total. The summed E-state index contributed by atoms with van der Waals surface area (Å²) in [6.45, 7) is 4.28. The zero-order valence-electron chi connectivity index (χ0n) is 9.84. The first-order valence-corrected chi connectivity index (χ1v) is 8.04. The standard InChI is InChI=1S/C14H14Br2S/c1-9-4-3-5-11(6-9)7-13(16)14-8-12(15)10(2)17-14/h3-6,8,13H,7H2,1-2H3. The van der Waals surface area contributed by atoms with Gasteiger partial charge in [-0.2, -0.15) is 0 Å². The van der Waals surface area contributed by atoms with Crippen LogP contribution in [0.25, 0.3) is 0 Å². The van der Waals surface area contributed by atoms with E-state index in [-0.39, 0.29) is 0 Å². The van der Waals surface area contributed by atoms with Gasteiger partial charge in [0.15, 0.2) is 0 Å². The predicted octanol–water partition coefficient (Wildman–Crippen LogP) is 5.81. The van der Waals surface area contributed by atoms with Crippen molar-refractivity contribution in [3.05, 3.63) is 55.7 Å². The van der Waals surface area contributed by atoms with E-state index in [1.54, 1.807) is 0 Å². The molecule has 0 radical (unpaired) electrons. The van der Waals surface area contributed by atoms with E-state index in [9.17, 15) is 0 Å². The molecule has 0 N–H and O–H groups in total. The molecule has 2 rings (SSSR count). The fourth-order valence-electron chi connectivity index (χ4n) is 1.78. The molecule has 90 valence electrons. The third-order valence-electron chi connectivity index (χ3n) is 2.68. The second-order valence-corrected chi connectivity index (χ2v) is 7.46. The molecule has 0 saturated carbocycles. The number of thiophene rings is 1. The van der Waals surface area contributed by atoms with Gasteiger partial charge in [0.2, 0.25) is 0 Å². The smallest absolute Gasteiger partial charge is 0.0529 e. The van der Waals surface area contributed by atoms with Gasteiger partial charge >= 0.3 is 0 Å². The number of hydrogen-bond donors (Lipinski definition) is 0. The second-order valence-electron chi connectivity index (χ2n) is 4.21. The molecule has 1 aromatic carbocycles. The lowest BCUT2D eigenvalue weighted by Gasteiger charge is -2.08. The summed E-state index contributed by atoms with van der Waals surface area (Å²) in [5.41, 5.74) is 2.71. The van der Waals surface area contributed by atoms with Crippen LogP contribution in [0.3, 0.4) is 0 Å². The Morgan fingerprint density at radius 2 is 2.00 bits per heavy atom. The molecule has 0 fully saturated rings. The average molecular weight is 374 g/mol. The van der Waals surface area contributed by atoms with E-state index in [1.807, 2.05) is 11.3 Å². The summed E-state index contributed by atoms with van der Waals surface area (Å²) in [5, 5.41) is 0. The molecular weight excluding hydrogens is 360 g/mol. The van der Waals surface area contributed by atoms with Gasteiger partial charge in [0.25, 0.3) is 0 Å². The highest BCUT2D eigenvalue weighted by molar-refractivity contribution is 9.10. The quantitative estimate of drug-likeness (QED) is 0.596. The molecule has 2 aromatic rings. The van der Waals surface area contributed by atoms with Crippen molar-refractivity contribution in [1.82, 2.24) is 0 Å². The topological polar surface area (TPSA) is 0 Å². The lowest BCUT2D eigenvalue weighted by atomic mass is 10.1. The van der Waals surface area contributed by atoms with Crippen molar-refractivity contribution in [3.8, 4) is 0 Å². The third kappa shape index (κ3) is 3.43. The van der Waals surface area contributed by atoms with Crippen LogP contribution in [-0.2, 0) is 6.42 Å². The van der Waals surface area contributed by atoms with E-state index >= 15 is 0 Å². The van der Waals surface area contributed by atoms with E-state index in [0.717, 1.165) is 6.42 Å². The Morgan fingerprint density at radius 1 is 1.24 bits per heavy atom. The Bertz CT molecular complexity index is 497. The molecule has 0 spiro atoms. The van der Waals surface area contributed by atoms with Crippen LogP contribution in [0.2, 0.25) is 0 Å². The van der Waals surface area contributed by atoms with E-state index in [0.29, 0.717) is 4.83 Å². The zero-order chi connectivity index (χ0) is 12.4. The summed E-state index contributed by atoms with van der Waals surface area (Å²) in [6, 6.07) is 10.9. The Kier molecular flexibility index (Phi) is 4.45. The summed E-state index contributed by atoms with van der Waals surface area (Å²) in [5.74, 6) is 0. The molecule has 1 unspecified atom stereocenters. The Balaban J connectivity index is 2.14. The highest BCUT2D eigenvalue weighted by Crippen LogP contribution is 2.36. The fraction of sp³-hybridized carbons (Fsp3) is 0.286. The van der Waals surface area contributed by atoms with Gasteiger partial charge in [-0.1, -0.05) is 45.8 Å². The van der Waals surface area contributed by atoms with Crippen LogP contribution in [0.1, 0.15) is 25.7 Å². The normalized spacial score (nSPS) is 12.7. The number of rotatable bonds is 3. The highest BCUT2D eigenvalue weighted by atomic mass is 79.9. The van der Waals surface area contributed by atoms with Crippen LogP contribution in [0.4, 0.5) is 0 Å². The van der Waals surface area contributed by atoms with Crippen LogP contribution in [0, 0.1) is 13.8 Å². The van der Waals surface area contributed by atoms with Crippen molar-refractivity contribution < 1.29 is 0 Å². The van der Waals surface area contributed by atoms with E-state index in [4.69, 9.17) is 0 Å². The largest absolute Gasteiger partial charge is 0.143 e. The predicted molar refractivity (Wildman–Crippen MR) is 83.3 cm³/mol. The Labute approximate surface area is 123 Å². The van der Waals surface area contributed by atoms with Crippen LogP contribution >= 0.6 is 43.2 Å². The van der Waals surface area contributed by atoms with Gasteiger partial charge in [-0.05, 0) is 47.8 Å². The molecule has 0 amide bonds. The van der Waals surface area contributed by atoms with Gasteiger partial charge in [-0.25, -0.2) is 0 Å². The summed E-state index contributed by atoms with van der Waals surface area (Å²) in [6.07, 6.45) is 1.04. The molecular formula is C14H14Br2S. The summed E-state index contributed by atoms with van der Waals surface area (Å²) in [7, 11) is 0. The van der Waals surface area contributed by atoms with Crippen molar-refractivity contribution in [3.63, 3.8) is 0 Å². The van der Waals surface area contributed by atoms with E-state index < -0.39 is 0 Å². The first-order chi connectivity index (χ1) is 8.06. The number of hydrogen-bond acceptors (Lipinski definition) is 1. The molecule has 0 saturated heterocycles. The highest BCUT2D eigenvalue weighted by Gasteiger charge is 2.12. The van der Waals surface area contributed by atoms with Gasteiger partial charge in [0.05, 0.1) is 4.83 Å². The van der Waals surface area contributed by atoms with E-state index in [2.05, 4.69) is 76.0 Å². The van der Waals surface area contributed by atoms with Crippen molar-refractivity contribution in [1.29, 1.82) is 0 Å². The first-order valence-electron chi connectivity index (χ1n) is 5.51. The first kappa shape index (κ1) is 13.3. The van der Waals surface area contributed by atoms with Crippen LogP contribution in [0.15, 0.2) is 34.8 Å². The maximum Gasteiger partial charge on any atom is 0.0529 e. The SMILES string of the molecule is Cc1cccc(CC(Br)c2cc(Br)c(C)s2)c1. The molecule has 1 heterocycles. The minimum atomic E-state index is 0.402. The molecule has 1 aromatic heterocycles. The minimum Gasteiger partial charge on any atom is -0.143 e. The number of benzene rings is 1. The second kappa shape index (κ2) is 5.68. The average Bonchev–Trinajstić information content (AvgIpc) is 2.59. The Morgan fingerprint density at radius 3 is 2.59 bits per heavy atom. The minimum absolute atomic E-state index is 0.402. The van der Waals surface area contributed by atoms with Crippen LogP contribution in [0.5, 0.6) is 0 Å². The van der Waals surface area contributed by atoms with Crippen LogP contribution < -0.4 is 0 Å². The monoisotopic (exact) mass is 372 g/mol. The summed E-state index contributed by atoms with van der Waals surface area (Å²) >= 11 is 9.21. The van der Waals surface area contributed by atoms with Gasteiger partial charge in [0, 0.05) is 14.2 Å². The lowest BCUT2D eigenvalue weighted by molar-refractivity contribution is 0.967. The van der Waals surface area contributed by atoms with Crippen molar-refractivity contribution in [2.75, 3.05) is 0 Å². The van der Waals surface area contributed by atoms with E-state index in [1.165, 1.54) is 25.4 Å². The molecule has 1 atom stereocenters. The van der Waals surface area contributed by atoms with Crippen molar-refractivity contribution >= 4 is 43.2 Å². The summed E-state index contributed by atoms with van der Waals surface area (Å²) < 4.78 is 1.21. The van der Waals surface area contributed by atoms with Gasteiger partial charge in [-0.15, -0.1) is 11.3 Å². The zero-order valence-corrected chi connectivity index (χ0v) is 13.8. The Hall–Kier alpha value is -0.120. The van der Waals surface area contributed by atoms with Crippen molar-refractivity contribution in [2.45, 2.75) is 25.1 Å². The fourth-order valence-corrected chi connectivity index (χ4v) is 4.11. The summed E-state index contributed by atoms with van der Waals surface area (Å²) in [4.78, 5) is 3.13. The number of halogens is 2.